The lowest BCUT2D eigenvalue weighted by Gasteiger charge is -2.25. The Morgan fingerprint density at radius 2 is 1.78 bits per heavy atom. The average Bonchev–Trinajstić information content (AvgIpc) is 2.35. The van der Waals surface area contributed by atoms with Gasteiger partial charge in [-0.1, -0.05) is 18.2 Å². The molecule has 0 saturated heterocycles. The molecule has 0 fully saturated rings. The first-order valence-electron chi connectivity index (χ1n) is 5.58. The maximum absolute atomic E-state index is 11.8. The lowest BCUT2D eigenvalue weighted by Crippen LogP contribution is -2.44. The number of carboxylic acids is 1. The van der Waals surface area contributed by atoms with Crippen LogP contribution < -0.4 is 0 Å². The number of carbonyl (C=O) groups excluding carboxylic acids is 1. The summed E-state index contributed by atoms with van der Waals surface area (Å²) < 4.78 is 5.04. The smallest absolute Gasteiger partial charge is 0.346 e. The van der Waals surface area contributed by atoms with Crippen molar-refractivity contribution in [1.29, 1.82) is 0 Å². The molecule has 0 radical (unpaired) electrons. The molecule has 1 aromatic carbocycles. The standard InChI is InChI=1S/C13H17NO4/c1-9(14(2)3)11(12(15)16)18-13(17)10-7-5-4-6-8-10/h4-9,11H,1-3H3,(H,15,16). The molecule has 0 aliphatic heterocycles. The zero-order valence-electron chi connectivity index (χ0n) is 10.7. The molecule has 18 heavy (non-hydrogen) atoms. The van der Waals surface area contributed by atoms with Crippen molar-refractivity contribution in [1.82, 2.24) is 4.90 Å². The van der Waals surface area contributed by atoms with Gasteiger partial charge in [0.15, 0.2) is 0 Å². The van der Waals surface area contributed by atoms with Crippen LogP contribution in [-0.4, -0.2) is 48.2 Å². The van der Waals surface area contributed by atoms with Gasteiger partial charge in [0.2, 0.25) is 6.10 Å². The molecule has 0 heterocycles. The van der Waals surface area contributed by atoms with Crippen LogP contribution in [0.15, 0.2) is 30.3 Å². The second-order valence-electron chi connectivity index (χ2n) is 4.23. The molecule has 98 valence electrons. The molecule has 0 spiro atoms. The Kier molecular flexibility index (Phi) is 4.85. The number of nitrogens with zero attached hydrogens (tertiary/aromatic N) is 1. The first-order chi connectivity index (χ1) is 8.43. The van der Waals surface area contributed by atoms with Crippen LogP contribution in [-0.2, 0) is 9.53 Å². The maximum atomic E-state index is 11.8. The quantitative estimate of drug-likeness (QED) is 0.798. The first-order valence-corrected chi connectivity index (χ1v) is 5.58. The molecule has 0 aromatic heterocycles. The lowest BCUT2D eigenvalue weighted by atomic mass is 10.1. The zero-order chi connectivity index (χ0) is 13.7. The van der Waals surface area contributed by atoms with Gasteiger partial charge in [-0.05, 0) is 33.2 Å². The Balaban J connectivity index is 2.79. The normalized spacial score (nSPS) is 14.0. The predicted octanol–water partition coefficient (Wildman–Crippen LogP) is 1.25. The highest BCUT2D eigenvalue weighted by Crippen LogP contribution is 2.09. The molecule has 5 nitrogen and oxygen atoms in total. The number of aliphatic carboxylic acids is 1. The fourth-order valence-electron chi connectivity index (χ4n) is 1.38. The highest BCUT2D eigenvalue weighted by atomic mass is 16.6. The number of benzene rings is 1. The zero-order valence-corrected chi connectivity index (χ0v) is 10.7. The van der Waals surface area contributed by atoms with Crippen molar-refractivity contribution in [3.8, 4) is 0 Å². The Labute approximate surface area is 106 Å². The summed E-state index contributed by atoms with van der Waals surface area (Å²) in [5.41, 5.74) is 0.342. The van der Waals surface area contributed by atoms with Crippen molar-refractivity contribution in [2.24, 2.45) is 0 Å². The molecule has 0 saturated carbocycles. The van der Waals surface area contributed by atoms with Crippen LogP contribution in [0, 0.1) is 0 Å². The van der Waals surface area contributed by atoms with Crippen molar-refractivity contribution < 1.29 is 19.4 Å². The van der Waals surface area contributed by atoms with E-state index in [4.69, 9.17) is 9.84 Å². The molecule has 1 rings (SSSR count). The minimum Gasteiger partial charge on any atom is -0.478 e. The van der Waals surface area contributed by atoms with Crippen LogP contribution in [0.5, 0.6) is 0 Å². The third kappa shape index (κ3) is 3.56. The van der Waals surface area contributed by atoms with Gasteiger partial charge < -0.3 is 14.7 Å². The van der Waals surface area contributed by atoms with Crippen molar-refractivity contribution >= 4 is 11.9 Å². The van der Waals surface area contributed by atoms with Gasteiger partial charge in [0.1, 0.15) is 0 Å². The molecule has 2 atom stereocenters. The Morgan fingerprint density at radius 3 is 2.22 bits per heavy atom. The highest BCUT2D eigenvalue weighted by Gasteiger charge is 2.30. The van der Waals surface area contributed by atoms with Gasteiger partial charge in [0.25, 0.3) is 0 Å². The number of hydrogen-bond acceptors (Lipinski definition) is 4. The number of rotatable bonds is 5. The highest BCUT2D eigenvalue weighted by molar-refractivity contribution is 5.91. The second-order valence-corrected chi connectivity index (χ2v) is 4.23. The van der Waals surface area contributed by atoms with E-state index in [0.29, 0.717) is 5.56 Å². The molecule has 0 aliphatic carbocycles. The molecule has 5 heteroatoms. The summed E-state index contributed by atoms with van der Waals surface area (Å²) in [6.07, 6.45) is -1.19. The van der Waals surface area contributed by atoms with Gasteiger partial charge in [-0.15, -0.1) is 0 Å². The molecule has 1 N–H and O–H groups in total. The van der Waals surface area contributed by atoms with Gasteiger partial charge >= 0.3 is 11.9 Å². The van der Waals surface area contributed by atoms with Gasteiger partial charge in [-0.25, -0.2) is 9.59 Å². The summed E-state index contributed by atoms with van der Waals surface area (Å²) in [5, 5.41) is 9.08. The van der Waals surface area contributed by atoms with Crippen molar-refractivity contribution in [2.45, 2.75) is 19.1 Å². The summed E-state index contributed by atoms with van der Waals surface area (Å²) in [6, 6.07) is 7.93. The largest absolute Gasteiger partial charge is 0.478 e. The molecule has 0 amide bonds. The third-order valence-corrected chi connectivity index (χ3v) is 2.74. The van der Waals surface area contributed by atoms with Gasteiger partial charge in [0.05, 0.1) is 11.6 Å². The summed E-state index contributed by atoms with van der Waals surface area (Å²) >= 11 is 0. The van der Waals surface area contributed by atoms with E-state index in [0.717, 1.165) is 0 Å². The van der Waals surface area contributed by atoms with E-state index in [1.807, 2.05) is 0 Å². The topological polar surface area (TPSA) is 66.8 Å². The number of ether oxygens (including phenoxy) is 1. The van der Waals surface area contributed by atoms with Crippen molar-refractivity contribution in [3.05, 3.63) is 35.9 Å². The van der Waals surface area contributed by atoms with Crippen molar-refractivity contribution in [3.63, 3.8) is 0 Å². The number of carbonyl (C=O) groups is 2. The molecule has 2 unspecified atom stereocenters. The van der Waals surface area contributed by atoms with E-state index in [1.165, 1.54) is 0 Å². The van der Waals surface area contributed by atoms with Crippen LogP contribution in [0.4, 0.5) is 0 Å². The van der Waals surface area contributed by atoms with Crippen LogP contribution in [0.25, 0.3) is 0 Å². The van der Waals surface area contributed by atoms with E-state index < -0.39 is 24.1 Å². The van der Waals surface area contributed by atoms with Crippen LogP contribution >= 0.6 is 0 Å². The van der Waals surface area contributed by atoms with Crippen LogP contribution in [0.1, 0.15) is 17.3 Å². The fourth-order valence-corrected chi connectivity index (χ4v) is 1.38. The minimum atomic E-state index is -1.19. The third-order valence-electron chi connectivity index (χ3n) is 2.74. The molecule has 1 aromatic rings. The van der Waals surface area contributed by atoms with Crippen LogP contribution in [0.3, 0.4) is 0 Å². The van der Waals surface area contributed by atoms with E-state index in [9.17, 15) is 9.59 Å². The number of esters is 1. The van der Waals surface area contributed by atoms with E-state index in [-0.39, 0.29) is 0 Å². The summed E-state index contributed by atoms with van der Waals surface area (Å²) in [7, 11) is 3.47. The van der Waals surface area contributed by atoms with E-state index in [1.54, 1.807) is 56.3 Å². The Bertz CT molecular complexity index is 416. The molecule has 0 bridgehead atoms. The second kappa shape index (κ2) is 6.16. The SMILES string of the molecule is CC(C(OC(=O)c1ccccc1)C(=O)O)N(C)C. The summed E-state index contributed by atoms with van der Waals surface area (Å²) in [4.78, 5) is 24.6. The first kappa shape index (κ1) is 14.2. The van der Waals surface area contributed by atoms with E-state index in [2.05, 4.69) is 0 Å². The molecule has 0 aliphatic rings. The average molecular weight is 251 g/mol. The molecular weight excluding hydrogens is 234 g/mol. The minimum absolute atomic E-state index is 0.342. The lowest BCUT2D eigenvalue weighted by molar-refractivity contribution is -0.150. The number of hydrogen-bond donors (Lipinski definition) is 1. The van der Waals surface area contributed by atoms with Gasteiger partial charge in [0, 0.05) is 0 Å². The number of carboxylic acid groups (broad SMARTS) is 1. The van der Waals surface area contributed by atoms with Gasteiger partial charge in [-0.2, -0.15) is 0 Å². The summed E-state index contributed by atoms with van der Waals surface area (Å²) in [6.45, 7) is 1.69. The Hall–Kier alpha value is -1.88. The maximum Gasteiger partial charge on any atom is 0.346 e. The van der Waals surface area contributed by atoms with Crippen molar-refractivity contribution in [2.75, 3.05) is 14.1 Å². The van der Waals surface area contributed by atoms with Gasteiger partial charge in [-0.3, -0.25) is 0 Å². The summed E-state index contributed by atoms with van der Waals surface area (Å²) in [5.74, 6) is -1.78. The van der Waals surface area contributed by atoms with E-state index >= 15 is 0 Å². The fraction of sp³-hybridized carbons (Fsp3) is 0.385. The predicted molar refractivity (Wildman–Crippen MR) is 66.4 cm³/mol. The molecular formula is C13H17NO4. The van der Waals surface area contributed by atoms with Crippen LogP contribution in [0.2, 0.25) is 0 Å². The number of likely N-dealkylation sites (N-methyl/N-ethyl adjacent to an activating group) is 1. The Morgan fingerprint density at radius 1 is 1.22 bits per heavy atom. The monoisotopic (exact) mass is 251 g/mol.